The number of hydrogen-bond acceptors (Lipinski definition) is 7. The molecule has 0 saturated carbocycles. The van der Waals surface area contributed by atoms with Gasteiger partial charge < -0.3 is 9.47 Å². The first-order chi connectivity index (χ1) is 15.0. The van der Waals surface area contributed by atoms with E-state index in [4.69, 9.17) is 32.7 Å². The second-order valence-corrected chi connectivity index (χ2v) is 9.87. The standard InChI is InChI=1S/C22H12Cl2O4S3/c23-13-5-7-15(27-21(25)17-3-1-9-29-17)19(11-13)31-20-12-14(24)6-8-16(20)28-22(26)18-4-2-10-30-18/h1-12H. The van der Waals surface area contributed by atoms with Crippen molar-refractivity contribution in [3.8, 4) is 11.5 Å². The summed E-state index contributed by atoms with van der Waals surface area (Å²) in [4.78, 5) is 27.0. The fourth-order valence-corrected chi connectivity index (χ4v) is 5.20. The summed E-state index contributed by atoms with van der Waals surface area (Å²) in [5, 5.41) is 4.54. The fourth-order valence-electron chi connectivity index (χ4n) is 2.50. The molecule has 0 aliphatic heterocycles. The zero-order valence-electron chi connectivity index (χ0n) is 15.5. The number of esters is 2. The van der Waals surface area contributed by atoms with Crippen LogP contribution in [0.5, 0.6) is 11.5 Å². The molecular formula is C22H12Cl2O4S3. The molecule has 4 aromatic rings. The normalized spacial score (nSPS) is 10.6. The summed E-state index contributed by atoms with van der Waals surface area (Å²) in [5.74, 6) is -0.254. The lowest BCUT2D eigenvalue weighted by molar-refractivity contribution is 0.0726. The second kappa shape index (κ2) is 9.89. The van der Waals surface area contributed by atoms with Crippen LogP contribution in [0.3, 0.4) is 0 Å². The Hall–Kier alpha value is -2.29. The van der Waals surface area contributed by atoms with E-state index >= 15 is 0 Å². The first-order valence-corrected chi connectivity index (χ1v) is 12.1. The van der Waals surface area contributed by atoms with E-state index in [1.165, 1.54) is 34.4 Å². The van der Waals surface area contributed by atoms with Gasteiger partial charge in [0, 0.05) is 10.0 Å². The predicted molar refractivity (Wildman–Crippen MR) is 126 cm³/mol. The third-order valence-corrected chi connectivity index (χ3v) is 7.13. The highest BCUT2D eigenvalue weighted by Gasteiger charge is 2.18. The Morgan fingerprint density at radius 2 is 1.16 bits per heavy atom. The van der Waals surface area contributed by atoms with Crippen LogP contribution < -0.4 is 9.47 Å². The molecule has 0 bridgehead atoms. The van der Waals surface area contributed by atoms with Crippen LogP contribution in [-0.2, 0) is 0 Å². The van der Waals surface area contributed by atoms with Gasteiger partial charge in [0.05, 0.1) is 9.79 Å². The van der Waals surface area contributed by atoms with Gasteiger partial charge >= 0.3 is 11.9 Å². The van der Waals surface area contributed by atoms with Gasteiger partial charge in [-0.3, -0.25) is 0 Å². The first-order valence-electron chi connectivity index (χ1n) is 8.78. The Balaban J connectivity index is 1.63. The number of benzene rings is 2. The number of carbonyl (C=O) groups is 2. The summed E-state index contributed by atoms with van der Waals surface area (Å²) in [6.45, 7) is 0. The van der Waals surface area contributed by atoms with Crippen LogP contribution in [0.1, 0.15) is 19.3 Å². The highest BCUT2D eigenvalue weighted by atomic mass is 35.5. The van der Waals surface area contributed by atoms with Gasteiger partial charge in [0.1, 0.15) is 21.3 Å². The Morgan fingerprint density at radius 3 is 1.55 bits per heavy atom. The number of thiophene rings is 2. The van der Waals surface area contributed by atoms with Gasteiger partial charge in [-0.25, -0.2) is 9.59 Å². The zero-order valence-corrected chi connectivity index (χ0v) is 19.5. The minimum Gasteiger partial charge on any atom is -0.421 e. The summed E-state index contributed by atoms with van der Waals surface area (Å²) >= 11 is 16.2. The van der Waals surface area contributed by atoms with E-state index in [0.717, 1.165) is 0 Å². The Morgan fingerprint density at radius 1 is 0.710 bits per heavy atom. The molecule has 0 atom stereocenters. The van der Waals surface area contributed by atoms with Crippen molar-refractivity contribution in [3.05, 3.63) is 91.2 Å². The number of rotatable bonds is 6. The predicted octanol–water partition coefficient (Wildman–Crippen LogP) is 7.71. The van der Waals surface area contributed by atoms with Crippen molar-refractivity contribution in [2.24, 2.45) is 0 Å². The van der Waals surface area contributed by atoms with Crippen LogP contribution in [0.4, 0.5) is 0 Å². The summed E-state index contributed by atoms with van der Waals surface area (Å²) in [7, 11) is 0. The van der Waals surface area contributed by atoms with E-state index in [-0.39, 0.29) is 0 Å². The zero-order chi connectivity index (χ0) is 21.8. The summed E-state index contributed by atoms with van der Waals surface area (Å²) in [6.07, 6.45) is 0. The topological polar surface area (TPSA) is 52.6 Å². The van der Waals surface area contributed by atoms with Crippen LogP contribution in [0.25, 0.3) is 0 Å². The van der Waals surface area contributed by atoms with Crippen molar-refractivity contribution in [2.75, 3.05) is 0 Å². The van der Waals surface area contributed by atoms with E-state index in [1.807, 2.05) is 0 Å². The molecule has 0 aliphatic rings. The maximum atomic E-state index is 12.4. The highest BCUT2D eigenvalue weighted by molar-refractivity contribution is 7.99. The molecule has 0 radical (unpaired) electrons. The van der Waals surface area contributed by atoms with Crippen LogP contribution in [0, 0.1) is 0 Å². The van der Waals surface area contributed by atoms with E-state index in [9.17, 15) is 9.59 Å². The molecule has 4 nitrogen and oxygen atoms in total. The van der Waals surface area contributed by atoms with Gasteiger partial charge in [-0.2, -0.15) is 0 Å². The van der Waals surface area contributed by atoms with Crippen LogP contribution in [0.2, 0.25) is 10.0 Å². The Bertz CT molecular complexity index is 1130. The lowest BCUT2D eigenvalue weighted by Crippen LogP contribution is -2.08. The lowest BCUT2D eigenvalue weighted by Gasteiger charge is -2.13. The molecule has 0 amide bonds. The van der Waals surface area contributed by atoms with Gasteiger partial charge in [-0.15, -0.1) is 22.7 Å². The van der Waals surface area contributed by atoms with Crippen LogP contribution in [-0.4, -0.2) is 11.9 Å². The molecular weight excluding hydrogens is 495 g/mol. The van der Waals surface area contributed by atoms with Crippen LogP contribution >= 0.6 is 57.6 Å². The third kappa shape index (κ3) is 5.50. The highest BCUT2D eigenvalue weighted by Crippen LogP contribution is 2.42. The minimum absolute atomic E-state index is 0.336. The van der Waals surface area contributed by atoms with Crippen molar-refractivity contribution in [2.45, 2.75) is 9.79 Å². The second-order valence-electron chi connectivity index (χ2n) is 6.02. The molecule has 9 heteroatoms. The van der Waals surface area contributed by atoms with Crippen molar-refractivity contribution in [3.63, 3.8) is 0 Å². The molecule has 4 rings (SSSR count). The summed E-state index contributed by atoms with van der Waals surface area (Å²) in [6, 6.07) is 16.8. The maximum Gasteiger partial charge on any atom is 0.353 e. The monoisotopic (exact) mass is 506 g/mol. The van der Waals surface area contributed by atoms with Crippen molar-refractivity contribution >= 4 is 69.6 Å². The molecule has 0 aliphatic carbocycles. The molecule has 156 valence electrons. The summed E-state index contributed by atoms with van der Waals surface area (Å²) < 4.78 is 11.2. The molecule has 0 N–H and O–H groups in total. The molecule has 0 saturated heterocycles. The summed E-state index contributed by atoms with van der Waals surface area (Å²) in [5.41, 5.74) is 0. The number of carbonyl (C=O) groups excluding carboxylic acids is 2. The van der Waals surface area contributed by atoms with Gasteiger partial charge in [-0.1, -0.05) is 47.1 Å². The smallest absolute Gasteiger partial charge is 0.353 e. The van der Waals surface area contributed by atoms with E-state index < -0.39 is 11.9 Å². The third-order valence-electron chi connectivity index (χ3n) is 3.88. The SMILES string of the molecule is O=C(Oc1ccc(Cl)cc1Sc1cc(Cl)ccc1OC(=O)c1cccs1)c1cccs1. The molecule has 0 spiro atoms. The quantitative estimate of drug-likeness (QED) is 0.198. The number of hydrogen-bond donors (Lipinski definition) is 0. The average Bonchev–Trinajstić information content (AvgIpc) is 3.46. The fraction of sp³-hybridized carbons (Fsp3) is 0. The molecule has 2 aromatic carbocycles. The number of halogens is 2. The van der Waals surface area contributed by atoms with E-state index in [0.29, 0.717) is 41.1 Å². The van der Waals surface area contributed by atoms with Crippen molar-refractivity contribution < 1.29 is 19.1 Å². The largest absolute Gasteiger partial charge is 0.421 e. The maximum absolute atomic E-state index is 12.4. The first kappa shape index (κ1) is 21.9. The lowest BCUT2D eigenvalue weighted by atomic mass is 10.3. The van der Waals surface area contributed by atoms with Crippen LogP contribution in [0.15, 0.2) is 81.2 Å². The van der Waals surface area contributed by atoms with Gasteiger partial charge in [0.15, 0.2) is 0 Å². The molecule has 31 heavy (non-hydrogen) atoms. The van der Waals surface area contributed by atoms with Gasteiger partial charge in [0.2, 0.25) is 0 Å². The Kier molecular flexibility index (Phi) is 6.99. The molecule has 2 aromatic heterocycles. The van der Waals surface area contributed by atoms with Gasteiger partial charge in [0.25, 0.3) is 0 Å². The molecule has 0 fully saturated rings. The molecule has 2 heterocycles. The number of ether oxygens (including phenoxy) is 2. The van der Waals surface area contributed by atoms with E-state index in [2.05, 4.69) is 0 Å². The van der Waals surface area contributed by atoms with Crippen molar-refractivity contribution in [1.82, 2.24) is 0 Å². The Labute approximate surface area is 200 Å². The average molecular weight is 507 g/mol. The van der Waals surface area contributed by atoms with Gasteiger partial charge in [-0.05, 0) is 59.3 Å². The minimum atomic E-state index is -0.463. The molecule has 0 unspecified atom stereocenters. The van der Waals surface area contributed by atoms with E-state index in [1.54, 1.807) is 71.4 Å². The van der Waals surface area contributed by atoms with Crippen molar-refractivity contribution in [1.29, 1.82) is 0 Å².